The first-order valence-corrected chi connectivity index (χ1v) is 10.5. The topological polar surface area (TPSA) is 82.8 Å². The number of benzene rings is 2. The molecule has 0 saturated heterocycles. The molecule has 0 radical (unpaired) electrons. The van der Waals surface area contributed by atoms with E-state index in [1.807, 2.05) is 47.0 Å². The van der Waals surface area contributed by atoms with Crippen LogP contribution in [0.1, 0.15) is 11.6 Å². The van der Waals surface area contributed by atoms with Gasteiger partial charge in [0.1, 0.15) is 11.6 Å². The predicted molar refractivity (Wildman–Crippen MR) is 113 cm³/mol. The van der Waals surface area contributed by atoms with E-state index in [4.69, 9.17) is 8.94 Å². The molecular formula is C22H16FN5O2S. The highest BCUT2D eigenvalue weighted by atomic mass is 32.2. The Labute approximate surface area is 180 Å². The fraction of sp³-hybridized carbons (Fsp3) is 0.0909. The first-order valence-electron chi connectivity index (χ1n) is 9.48. The highest BCUT2D eigenvalue weighted by Gasteiger charge is 2.17. The Morgan fingerprint density at radius 2 is 1.74 bits per heavy atom. The molecule has 154 valence electrons. The molecule has 0 saturated carbocycles. The van der Waals surface area contributed by atoms with Gasteiger partial charge >= 0.3 is 0 Å². The van der Waals surface area contributed by atoms with Crippen molar-refractivity contribution in [2.75, 3.05) is 0 Å². The summed E-state index contributed by atoms with van der Waals surface area (Å²) >= 11 is 1.45. The second kappa shape index (κ2) is 8.57. The summed E-state index contributed by atoms with van der Waals surface area (Å²) in [6.07, 6.45) is 1.64. The van der Waals surface area contributed by atoms with Gasteiger partial charge in [0, 0.05) is 11.1 Å². The molecule has 3 aromatic heterocycles. The number of halogens is 1. The van der Waals surface area contributed by atoms with Crippen molar-refractivity contribution >= 4 is 11.8 Å². The normalized spacial score (nSPS) is 11.1. The van der Waals surface area contributed by atoms with Crippen LogP contribution in [-0.2, 0) is 12.3 Å². The van der Waals surface area contributed by atoms with E-state index in [0.29, 0.717) is 34.7 Å². The molecule has 0 aliphatic carbocycles. The van der Waals surface area contributed by atoms with E-state index in [1.165, 1.54) is 23.9 Å². The Morgan fingerprint density at radius 3 is 2.52 bits per heavy atom. The van der Waals surface area contributed by atoms with E-state index in [0.717, 1.165) is 17.1 Å². The molecule has 0 N–H and O–H groups in total. The highest BCUT2D eigenvalue weighted by molar-refractivity contribution is 7.98. The summed E-state index contributed by atoms with van der Waals surface area (Å²) in [6.45, 7) is 0.500. The first-order chi connectivity index (χ1) is 15.3. The molecule has 0 aliphatic heterocycles. The van der Waals surface area contributed by atoms with Crippen LogP contribution < -0.4 is 0 Å². The fourth-order valence-corrected chi connectivity index (χ4v) is 3.83. The Morgan fingerprint density at radius 1 is 0.903 bits per heavy atom. The van der Waals surface area contributed by atoms with Gasteiger partial charge in [-0.2, -0.15) is 4.98 Å². The lowest BCUT2D eigenvalue weighted by Crippen LogP contribution is -2.03. The minimum atomic E-state index is -0.316. The van der Waals surface area contributed by atoms with Crippen LogP contribution in [0.25, 0.3) is 22.8 Å². The van der Waals surface area contributed by atoms with Crippen LogP contribution in [0.5, 0.6) is 0 Å². The van der Waals surface area contributed by atoms with Gasteiger partial charge in [-0.1, -0.05) is 47.3 Å². The van der Waals surface area contributed by atoms with Gasteiger partial charge in [0.25, 0.3) is 5.89 Å². The third-order valence-electron chi connectivity index (χ3n) is 4.53. The van der Waals surface area contributed by atoms with Gasteiger partial charge in [0.2, 0.25) is 0 Å². The van der Waals surface area contributed by atoms with Crippen molar-refractivity contribution in [2.45, 2.75) is 17.5 Å². The van der Waals surface area contributed by atoms with E-state index in [2.05, 4.69) is 20.3 Å². The minimum absolute atomic E-state index is 0.316. The second-order valence-electron chi connectivity index (χ2n) is 6.65. The Kier molecular flexibility index (Phi) is 5.32. The summed E-state index contributed by atoms with van der Waals surface area (Å²) in [7, 11) is 0. The summed E-state index contributed by atoms with van der Waals surface area (Å²) in [4.78, 5) is 4.40. The molecular weight excluding hydrogens is 417 g/mol. The molecule has 9 heteroatoms. The summed E-state index contributed by atoms with van der Waals surface area (Å²) in [6, 6.07) is 19.6. The SMILES string of the molecule is Fc1ccc(-c2nc(CSc3nnc(-c4ccccc4)n3Cc3ccco3)no2)cc1. The Hall–Kier alpha value is -3.72. The average molecular weight is 433 g/mol. The lowest BCUT2D eigenvalue weighted by atomic mass is 10.2. The average Bonchev–Trinajstić information content (AvgIpc) is 3.56. The van der Waals surface area contributed by atoms with Gasteiger partial charge < -0.3 is 8.94 Å². The molecule has 0 fully saturated rings. The largest absolute Gasteiger partial charge is 0.467 e. The highest BCUT2D eigenvalue weighted by Crippen LogP contribution is 2.27. The lowest BCUT2D eigenvalue weighted by Gasteiger charge is -2.08. The zero-order chi connectivity index (χ0) is 21.0. The van der Waals surface area contributed by atoms with Gasteiger partial charge in [-0.25, -0.2) is 4.39 Å². The minimum Gasteiger partial charge on any atom is -0.467 e. The molecule has 0 bridgehead atoms. The fourth-order valence-electron chi connectivity index (χ4n) is 3.05. The molecule has 31 heavy (non-hydrogen) atoms. The van der Waals surface area contributed by atoms with E-state index in [9.17, 15) is 4.39 Å². The number of thioether (sulfide) groups is 1. The molecule has 0 amide bonds. The standard InChI is InChI=1S/C22H16FN5O2S/c23-17-10-8-16(9-11-17)21-24-19(27-30-21)14-31-22-26-25-20(15-5-2-1-3-6-15)28(22)13-18-7-4-12-29-18/h1-12H,13-14H2. The zero-order valence-electron chi connectivity index (χ0n) is 16.2. The maximum absolute atomic E-state index is 13.1. The molecule has 3 heterocycles. The van der Waals surface area contributed by atoms with Gasteiger partial charge in [-0.05, 0) is 36.4 Å². The number of hydrogen-bond acceptors (Lipinski definition) is 7. The van der Waals surface area contributed by atoms with Crippen LogP contribution in [0.2, 0.25) is 0 Å². The van der Waals surface area contributed by atoms with Crippen molar-refractivity contribution in [3.05, 3.63) is 90.4 Å². The van der Waals surface area contributed by atoms with Crippen LogP contribution >= 0.6 is 11.8 Å². The number of furan rings is 1. The number of hydrogen-bond donors (Lipinski definition) is 0. The van der Waals surface area contributed by atoms with Crippen molar-refractivity contribution < 1.29 is 13.3 Å². The summed E-state index contributed by atoms with van der Waals surface area (Å²) in [5.74, 6) is 2.53. The molecule has 0 aliphatic rings. The number of rotatable bonds is 7. The molecule has 5 rings (SSSR count). The van der Waals surface area contributed by atoms with Crippen molar-refractivity contribution in [1.82, 2.24) is 24.9 Å². The third-order valence-corrected chi connectivity index (χ3v) is 5.50. The molecule has 2 aromatic carbocycles. The quantitative estimate of drug-likeness (QED) is 0.332. The first kappa shape index (κ1) is 19.3. The van der Waals surface area contributed by atoms with Crippen LogP contribution in [0.4, 0.5) is 4.39 Å². The van der Waals surface area contributed by atoms with Crippen molar-refractivity contribution in [2.24, 2.45) is 0 Å². The van der Waals surface area contributed by atoms with Crippen LogP contribution in [-0.4, -0.2) is 24.9 Å². The van der Waals surface area contributed by atoms with Crippen molar-refractivity contribution in [1.29, 1.82) is 0 Å². The summed E-state index contributed by atoms with van der Waals surface area (Å²) in [5, 5.41) is 13.5. The lowest BCUT2D eigenvalue weighted by molar-refractivity contribution is 0.425. The van der Waals surface area contributed by atoms with Crippen LogP contribution in [0, 0.1) is 5.82 Å². The van der Waals surface area contributed by atoms with Crippen LogP contribution in [0.3, 0.4) is 0 Å². The van der Waals surface area contributed by atoms with Gasteiger partial charge in [0.05, 0.1) is 18.6 Å². The monoisotopic (exact) mass is 433 g/mol. The third kappa shape index (κ3) is 4.26. The van der Waals surface area contributed by atoms with Gasteiger partial charge in [-0.3, -0.25) is 4.57 Å². The summed E-state index contributed by atoms with van der Waals surface area (Å²) in [5.41, 5.74) is 1.63. The smallest absolute Gasteiger partial charge is 0.257 e. The number of aromatic nitrogens is 5. The maximum Gasteiger partial charge on any atom is 0.257 e. The number of nitrogens with zero attached hydrogens (tertiary/aromatic N) is 5. The predicted octanol–water partition coefficient (Wildman–Crippen LogP) is 5.07. The van der Waals surface area contributed by atoms with Crippen molar-refractivity contribution in [3.8, 4) is 22.8 Å². The van der Waals surface area contributed by atoms with Crippen molar-refractivity contribution in [3.63, 3.8) is 0 Å². The Bertz CT molecular complexity index is 1270. The summed E-state index contributed by atoms with van der Waals surface area (Å²) < 4.78 is 26.0. The van der Waals surface area contributed by atoms with Crippen LogP contribution in [0.15, 0.2) is 87.1 Å². The van der Waals surface area contributed by atoms with Gasteiger partial charge in [-0.15, -0.1) is 10.2 Å². The Balaban J connectivity index is 1.38. The van der Waals surface area contributed by atoms with E-state index < -0.39 is 0 Å². The van der Waals surface area contributed by atoms with Gasteiger partial charge in [0.15, 0.2) is 16.8 Å². The van der Waals surface area contributed by atoms with E-state index in [1.54, 1.807) is 18.4 Å². The zero-order valence-corrected chi connectivity index (χ0v) is 17.0. The molecule has 7 nitrogen and oxygen atoms in total. The maximum atomic E-state index is 13.1. The van der Waals surface area contributed by atoms with E-state index in [-0.39, 0.29) is 5.82 Å². The molecule has 0 unspecified atom stereocenters. The van der Waals surface area contributed by atoms with E-state index >= 15 is 0 Å². The molecule has 0 atom stereocenters. The second-order valence-corrected chi connectivity index (χ2v) is 7.59. The molecule has 0 spiro atoms. The molecule has 5 aromatic rings.